The Bertz CT molecular complexity index is 748. The van der Waals surface area contributed by atoms with Gasteiger partial charge < -0.3 is 5.32 Å². The maximum Gasteiger partial charge on any atom is 0.348 e. The molecule has 122 valence electrons. The van der Waals surface area contributed by atoms with Crippen molar-refractivity contribution in [3.8, 4) is 0 Å². The third-order valence-corrected chi connectivity index (χ3v) is 3.91. The standard InChI is InChI=1S/C18H23N3O2/c1-5-14-7-9-15(10-8-14)20-17(22)16(6-2)21-13(4)11-12(3)19-18(21)23/h7-11,16H,5-6H2,1-4H3,(H,20,22). The van der Waals surface area contributed by atoms with Crippen molar-refractivity contribution >= 4 is 11.6 Å². The fourth-order valence-corrected chi connectivity index (χ4v) is 2.67. The highest BCUT2D eigenvalue weighted by molar-refractivity contribution is 5.93. The number of rotatable bonds is 5. The van der Waals surface area contributed by atoms with Gasteiger partial charge in [-0.1, -0.05) is 26.0 Å². The van der Waals surface area contributed by atoms with Crippen molar-refractivity contribution in [3.63, 3.8) is 0 Å². The molecule has 0 fully saturated rings. The predicted molar refractivity (Wildman–Crippen MR) is 91.7 cm³/mol. The number of hydrogen-bond donors (Lipinski definition) is 1. The number of nitrogens with zero attached hydrogens (tertiary/aromatic N) is 2. The van der Waals surface area contributed by atoms with Crippen molar-refractivity contribution in [1.82, 2.24) is 9.55 Å². The lowest BCUT2D eigenvalue weighted by Crippen LogP contribution is -2.36. The molecule has 0 saturated carbocycles. The van der Waals surface area contributed by atoms with E-state index in [1.54, 1.807) is 6.92 Å². The molecule has 1 atom stereocenters. The highest BCUT2D eigenvalue weighted by Crippen LogP contribution is 2.16. The number of benzene rings is 1. The van der Waals surface area contributed by atoms with Crippen molar-refractivity contribution in [2.24, 2.45) is 0 Å². The smallest absolute Gasteiger partial charge is 0.324 e. The molecule has 0 aliphatic carbocycles. The minimum atomic E-state index is -0.568. The average molecular weight is 313 g/mol. The number of carbonyl (C=O) groups excluding carboxylic acids is 1. The van der Waals surface area contributed by atoms with E-state index in [-0.39, 0.29) is 11.6 Å². The molecule has 1 aromatic heterocycles. The van der Waals surface area contributed by atoms with Gasteiger partial charge in [-0.2, -0.15) is 4.98 Å². The summed E-state index contributed by atoms with van der Waals surface area (Å²) in [6.07, 6.45) is 1.47. The van der Waals surface area contributed by atoms with Gasteiger partial charge in [-0.3, -0.25) is 9.36 Å². The van der Waals surface area contributed by atoms with E-state index in [0.717, 1.165) is 17.8 Å². The Morgan fingerprint density at radius 3 is 2.39 bits per heavy atom. The zero-order chi connectivity index (χ0) is 17.0. The molecule has 0 saturated heterocycles. The van der Waals surface area contributed by atoms with E-state index < -0.39 is 6.04 Å². The average Bonchev–Trinajstić information content (AvgIpc) is 2.51. The van der Waals surface area contributed by atoms with Gasteiger partial charge in [-0.05, 0) is 50.5 Å². The zero-order valence-electron chi connectivity index (χ0n) is 14.1. The van der Waals surface area contributed by atoms with Gasteiger partial charge in [-0.15, -0.1) is 0 Å². The van der Waals surface area contributed by atoms with Gasteiger partial charge in [-0.25, -0.2) is 4.79 Å². The lowest BCUT2D eigenvalue weighted by Gasteiger charge is -2.20. The molecular weight excluding hydrogens is 290 g/mol. The lowest BCUT2D eigenvalue weighted by molar-refractivity contribution is -0.119. The fraction of sp³-hybridized carbons (Fsp3) is 0.389. The molecule has 0 aliphatic rings. The maximum atomic E-state index is 12.6. The summed E-state index contributed by atoms with van der Waals surface area (Å²) in [5.41, 5.74) is 2.96. The van der Waals surface area contributed by atoms with Crippen molar-refractivity contribution < 1.29 is 4.79 Å². The molecule has 23 heavy (non-hydrogen) atoms. The highest BCUT2D eigenvalue weighted by atomic mass is 16.2. The van der Waals surface area contributed by atoms with E-state index >= 15 is 0 Å². The summed E-state index contributed by atoms with van der Waals surface area (Å²) in [6, 6.07) is 8.98. The molecule has 1 amide bonds. The van der Waals surface area contributed by atoms with Crippen LogP contribution in [0.5, 0.6) is 0 Å². The largest absolute Gasteiger partial charge is 0.348 e. The second kappa shape index (κ2) is 7.22. The molecule has 2 aromatic rings. The molecule has 1 heterocycles. The normalized spacial score (nSPS) is 12.0. The molecule has 5 heteroatoms. The second-order valence-electron chi connectivity index (χ2n) is 5.66. The van der Waals surface area contributed by atoms with E-state index in [0.29, 0.717) is 12.1 Å². The Labute approximate surface area is 136 Å². The van der Waals surface area contributed by atoms with Crippen LogP contribution < -0.4 is 11.0 Å². The Morgan fingerprint density at radius 2 is 1.87 bits per heavy atom. The first-order chi connectivity index (χ1) is 11.0. The first kappa shape index (κ1) is 16.9. The molecule has 0 spiro atoms. The molecule has 1 N–H and O–H groups in total. The second-order valence-corrected chi connectivity index (χ2v) is 5.66. The van der Waals surface area contributed by atoms with Crippen molar-refractivity contribution in [3.05, 3.63) is 57.8 Å². The zero-order valence-corrected chi connectivity index (χ0v) is 14.1. The summed E-state index contributed by atoms with van der Waals surface area (Å²) in [7, 11) is 0. The van der Waals surface area contributed by atoms with E-state index in [4.69, 9.17) is 0 Å². The minimum Gasteiger partial charge on any atom is -0.324 e. The van der Waals surface area contributed by atoms with E-state index in [1.165, 1.54) is 10.1 Å². The summed E-state index contributed by atoms with van der Waals surface area (Å²) < 4.78 is 1.46. The van der Waals surface area contributed by atoms with Gasteiger partial charge in [0.15, 0.2) is 0 Å². The topological polar surface area (TPSA) is 64.0 Å². The number of carbonyl (C=O) groups is 1. The van der Waals surface area contributed by atoms with Crippen LogP contribution in [0, 0.1) is 13.8 Å². The molecule has 1 aromatic carbocycles. The Kier molecular flexibility index (Phi) is 5.32. The number of aryl methyl sites for hydroxylation is 3. The van der Waals surface area contributed by atoms with Crippen molar-refractivity contribution in [2.45, 2.75) is 46.6 Å². The van der Waals surface area contributed by atoms with E-state index in [1.807, 2.05) is 44.2 Å². The van der Waals surface area contributed by atoms with Crippen molar-refractivity contribution in [2.75, 3.05) is 5.32 Å². The number of nitrogens with one attached hydrogen (secondary N) is 1. The third-order valence-electron chi connectivity index (χ3n) is 3.91. The quantitative estimate of drug-likeness (QED) is 0.923. The van der Waals surface area contributed by atoms with Gasteiger partial charge in [0.05, 0.1) is 0 Å². The summed E-state index contributed by atoms with van der Waals surface area (Å²) in [6.45, 7) is 7.56. The number of amides is 1. The highest BCUT2D eigenvalue weighted by Gasteiger charge is 2.21. The summed E-state index contributed by atoms with van der Waals surface area (Å²) in [4.78, 5) is 28.7. The summed E-state index contributed by atoms with van der Waals surface area (Å²) in [5, 5.41) is 2.89. The van der Waals surface area contributed by atoms with Gasteiger partial charge in [0.25, 0.3) is 0 Å². The van der Waals surface area contributed by atoms with Gasteiger partial charge >= 0.3 is 5.69 Å². The number of anilines is 1. The van der Waals surface area contributed by atoms with Gasteiger partial charge in [0.1, 0.15) is 6.04 Å². The van der Waals surface area contributed by atoms with E-state index in [2.05, 4.69) is 17.2 Å². The molecule has 2 rings (SSSR count). The van der Waals surface area contributed by atoms with Gasteiger partial charge in [0.2, 0.25) is 5.91 Å². The first-order valence-electron chi connectivity index (χ1n) is 7.92. The molecule has 0 radical (unpaired) electrons. The summed E-state index contributed by atoms with van der Waals surface area (Å²) >= 11 is 0. The number of hydrogen-bond acceptors (Lipinski definition) is 3. The van der Waals surface area contributed by atoms with Crippen LogP contribution in [0.3, 0.4) is 0 Å². The van der Waals surface area contributed by atoms with Crippen LogP contribution >= 0.6 is 0 Å². The lowest BCUT2D eigenvalue weighted by atomic mass is 10.1. The van der Waals surface area contributed by atoms with Crippen LogP contribution in [0.2, 0.25) is 0 Å². The van der Waals surface area contributed by atoms with Crippen LogP contribution in [0.15, 0.2) is 35.1 Å². The van der Waals surface area contributed by atoms with Crippen LogP contribution in [0.4, 0.5) is 5.69 Å². The Balaban J connectivity index is 2.26. The van der Waals surface area contributed by atoms with Crippen molar-refractivity contribution in [1.29, 1.82) is 0 Å². The monoisotopic (exact) mass is 313 g/mol. The van der Waals surface area contributed by atoms with Crippen LogP contribution in [0.1, 0.15) is 43.3 Å². The third kappa shape index (κ3) is 3.86. The van der Waals surface area contributed by atoms with Gasteiger partial charge in [0, 0.05) is 17.1 Å². The SMILES string of the molecule is CCc1ccc(NC(=O)C(CC)n2c(C)cc(C)nc2=O)cc1. The van der Waals surface area contributed by atoms with Crippen LogP contribution in [0.25, 0.3) is 0 Å². The predicted octanol–water partition coefficient (Wildman–Crippen LogP) is 3.01. The fourth-order valence-electron chi connectivity index (χ4n) is 2.67. The summed E-state index contributed by atoms with van der Waals surface area (Å²) in [5.74, 6) is -0.201. The van der Waals surface area contributed by atoms with E-state index in [9.17, 15) is 9.59 Å². The minimum absolute atomic E-state index is 0.201. The Hall–Kier alpha value is -2.43. The molecule has 0 aliphatic heterocycles. The number of aromatic nitrogens is 2. The first-order valence-corrected chi connectivity index (χ1v) is 7.92. The van der Waals surface area contributed by atoms with Crippen LogP contribution in [-0.4, -0.2) is 15.5 Å². The molecule has 0 bridgehead atoms. The maximum absolute atomic E-state index is 12.6. The molecular formula is C18H23N3O2. The molecule has 1 unspecified atom stereocenters. The van der Waals surface area contributed by atoms with Crippen LogP contribution in [-0.2, 0) is 11.2 Å². The molecule has 5 nitrogen and oxygen atoms in total. The Morgan fingerprint density at radius 1 is 1.22 bits per heavy atom.